The Morgan fingerprint density at radius 2 is 1.67 bits per heavy atom. The molecule has 3 fully saturated rings. The van der Waals surface area contributed by atoms with Gasteiger partial charge in [-0.15, -0.1) is 0 Å². The fraction of sp³-hybridized carbons (Fsp3) is 0.632. The van der Waals surface area contributed by atoms with Crippen molar-refractivity contribution in [3.63, 3.8) is 0 Å². The minimum atomic E-state index is -0.901. The number of benzene rings is 1. The van der Waals surface area contributed by atoms with Crippen LogP contribution in [0.15, 0.2) is 24.3 Å². The Balaban J connectivity index is 1.57. The molecule has 3 aliphatic heterocycles. The van der Waals surface area contributed by atoms with Gasteiger partial charge in [-0.2, -0.15) is 0 Å². The van der Waals surface area contributed by atoms with Gasteiger partial charge in [-0.3, -0.25) is 4.79 Å². The molecule has 8 nitrogen and oxygen atoms in total. The third-order valence-electron chi connectivity index (χ3n) is 4.75. The highest BCUT2D eigenvalue weighted by Crippen LogP contribution is 2.44. The zero-order chi connectivity index (χ0) is 19.4. The second-order valence-corrected chi connectivity index (χ2v) is 7.81. The lowest BCUT2D eigenvalue weighted by atomic mass is 9.98. The van der Waals surface area contributed by atoms with E-state index in [0.29, 0.717) is 11.4 Å². The van der Waals surface area contributed by atoms with E-state index in [-0.39, 0.29) is 5.91 Å². The van der Waals surface area contributed by atoms with Crippen LogP contribution < -0.4 is 10.1 Å². The average Bonchev–Trinajstić information content (AvgIpc) is 3.08. The van der Waals surface area contributed by atoms with Crippen molar-refractivity contribution >= 4 is 11.6 Å². The minimum absolute atomic E-state index is 0.341. The average molecular weight is 379 g/mol. The van der Waals surface area contributed by atoms with Gasteiger partial charge in [0, 0.05) is 11.8 Å². The van der Waals surface area contributed by atoms with Crippen LogP contribution in [0.5, 0.6) is 5.75 Å². The van der Waals surface area contributed by atoms with Crippen molar-refractivity contribution in [2.75, 3.05) is 12.4 Å². The molecule has 0 spiro atoms. The highest BCUT2D eigenvalue weighted by atomic mass is 16.9. The van der Waals surface area contributed by atoms with E-state index in [1.165, 1.54) is 0 Å². The number of rotatable bonds is 3. The van der Waals surface area contributed by atoms with Gasteiger partial charge in [-0.1, -0.05) is 6.07 Å². The van der Waals surface area contributed by atoms with Gasteiger partial charge in [0.05, 0.1) is 7.11 Å². The van der Waals surface area contributed by atoms with Crippen LogP contribution in [0.2, 0.25) is 0 Å². The summed E-state index contributed by atoms with van der Waals surface area (Å²) in [6, 6.07) is 7.10. The van der Waals surface area contributed by atoms with Crippen molar-refractivity contribution in [1.29, 1.82) is 0 Å². The summed E-state index contributed by atoms with van der Waals surface area (Å²) in [5.41, 5.74) is 0.601. The smallest absolute Gasteiger partial charge is 0.256 e. The number of fused-ring (bicyclic) bond motifs is 3. The molecule has 1 amide bonds. The van der Waals surface area contributed by atoms with Gasteiger partial charge in [0.1, 0.15) is 24.1 Å². The monoisotopic (exact) mass is 379 g/mol. The number of amides is 1. The van der Waals surface area contributed by atoms with Crippen molar-refractivity contribution in [3.05, 3.63) is 24.3 Å². The summed E-state index contributed by atoms with van der Waals surface area (Å²) in [5, 5.41) is 2.85. The van der Waals surface area contributed by atoms with Crippen molar-refractivity contribution in [2.24, 2.45) is 0 Å². The first-order valence-electron chi connectivity index (χ1n) is 8.99. The standard InChI is InChI=1S/C19H25NO7/c1-18(2)24-12-13(25-18)15-17(27-19(3,4)26-15)23-14(12)16(21)20-10-7-6-8-11(9-10)22-5/h6-9,12-15,17H,1-5H3,(H,20,21)/t12-,13-,14-,15-,17-/m1/s1. The molecule has 1 aromatic rings. The maximum absolute atomic E-state index is 13.0. The molecule has 3 aliphatic rings. The first-order valence-corrected chi connectivity index (χ1v) is 8.99. The number of carbonyl (C=O) groups is 1. The van der Waals surface area contributed by atoms with Gasteiger partial charge in [-0.05, 0) is 39.8 Å². The summed E-state index contributed by atoms with van der Waals surface area (Å²) >= 11 is 0. The Hall–Kier alpha value is -1.71. The number of nitrogens with one attached hydrogen (secondary N) is 1. The third-order valence-corrected chi connectivity index (χ3v) is 4.75. The van der Waals surface area contributed by atoms with Gasteiger partial charge >= 0.3 is 0 Å². The van der Waals surface area contributed by atoms with Crippen LogP contribution in [0.1, 0.15) is 27.7 Å². The fourth-order valence-corrected chi connectivity index (χ4v) is 3.74. The predicted octanol–water partition coefficient (Wildman–Crippen LogP) is 2.03. The maximum atomic E-state index is 13.0. The van der Waals surface area contributed by atoms with E-state index in [4.69, 9.17) is 28.4 Å². The maximum Gasteiger partial charge on any atom is 0.256 e. The molecule has 3 heterocycles. The molecule has 0 aliphatic carbocycles. The largest absolute Gasteiger partial charge is 0.497 e. The lowest BCUT2D eigenvalue weighted by Crippen LogP contribution is -2.58. The molecule has 27 heavy (non-hydrogen) atoms. The van der Waals surface area contributed by atoms with Crippen LogP contribution in [0, 0.1) is 0 Å². The Morgan fingerprint density at radius 3 is 2.41 bits per heavy atom. The second-order valence-electron chi connectivity index (χ2n) is 7.81. The molecule has 148 valence electrons. The highest BCUT2D eigenvalue weighted by molar-refractivity contribution is 5.95. The number of methoxy groups -OCH3 is 1. The summed E-state index contributed by atoms with van der Waals surface area (Å²) in [7, 11) is 1.57. The van der Waals surface area contributed by atoms with Crippen molar-refractivity contribution in [3.8, 4) is 5.75 Å². The van der Waals surface area contributed by atoms with Gasteiger partial charge in [0.25, 0.3) is 5.91 Å². The Labute approximate surface area is 158 Å². The van der Waals surface area contributed by atoms with Gasteiger partial charge in [0.15, 0.2) is 24.0 Å². The first kappa shape index (κ1) is 18.6. The topological polar surface area (TPSA) is 84.5 Å². The van der Waals surface area contributed by atoms with Crippen LogP contribution in [0.25, 0.3) is 0 Å². The van der Waals surface area contributed by atoms with Gasteiger partial charge in [-0.25, -0.2) is 0 Å². The Kier molecular flexibility index (Phi) is 4.44. The lowest BCUT2D eigenvalue weighted by Gasteiger charge is -2.36. The van der Waals surface area contributed by atoms with E-state index in [9.17, 15) is 4.79 Å². The number of hydrogen-bond acceptors (Lipinski definition) is 7. The van der Waals surface area contributed by atoms with Gasteiger partial charge in [0.2, 0.25) is 0 Å². The molecule has 1 aromatic carbocycles. The third kappa shape index (κ3) is 3.55. The molecule has 0 aromatic heterocycles. The number of carbonyl (C=O) groups excluding carboxylic acids is 1. The van der Waals surface area contributed by atoms with E-state index in [2.05, 4.69) is 5.32 Å². The molecule has 0 unspecified atom stereocenters. The summed E-state index contributed by atoms with van der Waals surface area (Å²) in [4.78, 5) is 13.0. The van der Waals surface area contributed by atoms with Crippen LogP contribution in [-0.2, 0) is 28.5 Å². The zero-order valence-corrected chi connectivity index (χ0v) is 16.1. The van der Waals surface area contributed by atoms with Gasteiger partial charge < -0.3 is 33.7 Å². The molecule has 0 radical (unpaired) electrons. The molecule has 4 rings (SSSR count). The molecular weight excluding hydrogens is 354 g/mol. The van der Waals surface area contributed by atoms with Crippen LogP contribution in [0.3, 0.4) is 0 Å². The lowest BCUT2D eigenvalue weighted by molar-refractivity contribution is -0.229. The fourth-order valence-electron chi connectivity index (χ4n) is 3.74. The summed E-state index contributed by atoms with van der Waals surface area (Å²) in [6.45, 7) is 7.21. The second kappa shape index (κ2) is 6.42. The number of anilines is 1. The van der Waals surface area contributed by atoms with E-state index < -0.39 is 42.3 Å². The molecule has 8 heteroatoms. The summed E-state index contributed by atoms with van der Waals surface area (Å²) in [5.74, 6) is -1.37. The normalized spacial score (nSPS) is 36.0. The van der Waals surface area contributed by atoms with Crippen LogP contribution in [-0.4, -0.2) is 55.3 Å². The molecule has 5 atom stereocenters. The predicted molar refractivity (Wildman–Crippen MR) is 94.1 cm³/mol. The quantitative estimate of drug-likeness (QED) is 0.860. The van der Waals surface area contributed by atoms with E-state index >= 15 is 0 Å². The van der Waals surface area contributed by atoms with Crippen molar-refractivity contribution in [2.45, 2.75) is 70.0 Å². The van der Waals surface area contributed by atoms with E-state index in [0.717, 1.165) is 0 Å². The number of hydrogen-bond donors (Lipinski definition) is 1. The summed E-state index contributed by atoms with van der Waals surface area (Å²) in [6.07, 6.45) is -3.15. The Bertz CT molecular complexity index is 735. The van der Waals surface area contributed by atoms with Crippen molar-refractivity contribution in [1.82, 2.24) is 0 Å². The SMILES string of the molecule is COc1cccc(NC(=O)[C@@H]2O[C@@H]3OC(C)(C)O[C@@H]3[C@@H]3OC(C)(C)O[C@H]32)c1. The van der Waals surface area contributed by atoms with Crippen LogP contribution in [0.4, 0.5) is 5.69 Å². The molecule has 0 bridgehead atoms. The number of ether oxygens (including phenoxy) is 6. The molecule has 0 saturated carbocycles. The molecule has 3 saturated heterocycles. The van der Waals surface area contributed by atoms with Crippen molar-refractivity contribution < 1.29 is 33.2 Å². The molecule has 1 N–H and O–H groups in total. The first-order chi connectivity index (χ1) is 12.7. The summed E-state index contributed by atoms with van der Waals surface area (Å²) < 4.78 is 34.9. The highest BCUT2D eigenvalue weighted by Gasteiger charge is 2.62. The minimum Gasteiger partial charge on any atom is -0.497 e. The zero-order valence-electron chi connectivity index (χ0n) is 16.1. The van der Waals surface area contributed by atoms with Crippen LogP contribution >= 0.6 is 0 Å². The van der Waals surface area contributed by atoms with E-state index in [1.54, 1.807) is 59.1 Å². The molecular formula is C19H25NO7. The van der Waals surface area contributed by atoms with E-state index in [1.807, 2.05) is 0 Å². The Morgan fingerprint density at radius 1 is 1.00 bits per heavy atom.